The number of carbonyl (C=O) groups is 1. The van der Waals surface area contributed by atoms with Gasteiger partial charge >= 0.3 is 0 Å². The van der Waals surface area contributed by atoms with Crippen molar-refractivity contribution in [2.45, 2.75) is 49.7 Å². The Morgan fingerprint density at radius 1 is 1.32 bits per heavy atom. The minimum atomic E-state index is -2.66. The van der Waals surface area contributed by atoms with E-state index in [1.807, 2.05) is 18.2 Å². The molecule has 25 heavy (non-hydrogen) atoms. The van der Waals surface area contributed by atoms with E-state index in [9.17, 15) is 13.6 Å². The summed E-state index contributed by atoms with van der Waals surface area (Å²) in [6.07, 6.45) is 3.60. The van der Waals surface area contributed by atoms with E-state index < -0.39 is 11.8 Å². The molecule has 0 aromatic carbocycles. The van der Waals surface area contributed by atoms with E-state index in [0.717, 1.165) is 25.1 Å². The number of anilines is 1. The normalized spacial score (nSPS) is 31.8. The van der Waals surface area contributed by atoms with E-state index in [1.54, 1.807) is 11.1 Å². The first-order valence-electron chi connectivity index (χ1n) is 8.93. The Kier molecular flexibility index (Phi) is 4.14. The zero-order chi connectivity index (χ0) is 17.5. The third-order valence-electron chi connectivity index (χ3n) is 5.58. The molecule has 1 aromatic heterocycles. The van der Waals surface area contributed by atoms with E-state index in [0.29, 0.717) is 19.7 Å². The Morgan fingerprint density at radius 3 is 2.88 bits per heavy atom. The first kappa shape index (κ1) is 16.7. The highest BCUT2D eigenvalue weighted by molar-refractivity contribution is 5.80. The van der Waals surface area contributed by atoms with Crippen LogP contribution in [-0.2, 0) is 9.53 Å². The number of likely N-dealkylation sites (tertiary alicyclic amines) is 1. The summed E-state index contributed by atoms with van der Waals surface area (Å²) in [6.45, 7) is 1.74. The summed E-state index contributed by atoms with van der Waals surface area (Å²) in [5, 5.41) is 3.44. The monoisotopic (exact) mass is 351 g/mol. The molecule has 1 saturated carbocycles. The van der Waals surface area contributed by atoms with Crippen LogP contribution in [0.5, 0.6) is 0 Å². The lowest BCUT2D eigenvalue weighted by molar-refractivity contribution is -0.160. The molecule has 0 unspecified atom stereocenters. The van der Waals surface area contributed by atoms with Gasteiger partial charge in [0.15, 0.2) is 0 Å². The highest BCUT2D eigenvalue weighted by Gasteiger charge is 2.52. The van der Waals surface area contributed by atoms with Gasteiger partial charge in [-0.25, -0.2) is 13.8 Å². The quantitative estimate of drug-likeness (QED) is 0.910. The number of aromatic nitrogens is 1. The maximum atomic E-state index is 13.0. The Balaban J connectivity index is 1.35. The molecule has 2 atom stereocenters. The lowest BCUT2D eigenvalue weighted by atomic mass is 9.80. The molecule has 1 spiro atoms. The summed E-state index contributed by atoms with van der Waals surface area (Å²) in [5.41, 5.74) is -0.355. The van der Waals surface area contributed by atoms with E-state index in [1.165, 1.54) is 0 Å². The van der Waals surface area contributed by atoms with Crippen LogP contribution in [0.2, 0.25) is 0 Å². The molecule has 1 N–H and O–H groups in total. The van der Waals surface area contributed by atoms with Gasteiger partial charge in [0.1, 0.15) is 5.82 Å². The Labute approximate surface area is 145 Å². The molecule has 136 valence electrons. The van der Waals surface area contributed by atoms with Gasteiger partial charge in [0.25, 0.3) is 0 Å². The summed E-state index contributed by atoms with van der Waals surface area (Å²) in [7, 11) is 0. The fraction of sp³-hybridized carbons (Fsp3) is 0.667. The number of pyridine rings is 1. The molecule has 3 heterocycles. The zero-order valence-electron chi connectivity index (χ0n) is 14.1. The summed E-state index contributed by atoms with van der Waals surface area (Å²) in [5.74, 6) is -2.47. The van der Waals surface area contributed by atoms with Gasteiger partial charge in [-0.3, -0.25) is 4.79 Å². The second-order valence-corrected chi connectivity index (χ2v) is 7.55. The number of ether oxygens (including phenoxy) is 1. The van der Waals surface area contributed by atoms with Crippen LogP contribution in [0.4, 0.5) is 14.6 Å². The van der Waals surface area contributed by atoms with Crippen molar-refractivity contribution < 1.29 is 18.3 Å². The van der Waals surface area contributed by atoms with E-state index in [2.05, 4.69) is 10.3 Å². The third-order valence-corrected chi connectivity index (χ3v) is 5.58. The first-order chi connectivity index (χ1) is 11.9. The topological polar surface area (TPSA) is 54.5 Å². The SMILES string of the molecule is O=C(C1CC(F)(F)C1)N1CC[C@@]2(C[C@H](Nc3ccccn3)CCO2)C1. The van der Waals surface area contributed by atoms with E-state index in [4.69, 9.17) is 4.74 Å². The molecule has 4 rings (SSSR count). The molecular weight excluding hydrogens is 328 g/mol. The molecule has 1 aliphatic carbocycles. The Morgan fingerprint density at radius 2 is 2.16 bits per heavy atom. The number of hydrogen-bond donors (Lipinski definition) is 1. The molecule has 2 aliphatic heterocycles. The van der Waals surface area contributed by atoms with Crippen molar-refractivity contribution in [3.8, 4) is 0 Å². The molecule has 1 amide bonds. The van der Waals surface area contributed by atoms with Gasteiger partial charge < -0.3 is 15.0 Å². The predicted molar refractivity (Wildman–Crippen MR) is 88.4 cm³/mol. The van der Waals surface area contributed by atoms with Crippen molar-refractivity contribution in [1.82, 2.24) is 9.88 Å². The van der Waals surface area contributed by atoms with Crippen molar-refractivity contribution in [3.05, 3.63) is 24.4 Å². The molecule has 7 heteroatoms. The first-order valence-corrected chi connectivity index (χ1v) is 8.93. The number of rotatable bonds is 3. The van der Waals surface area contributed by atoms with Crippen molar-refractivity contribution in [1.29, 1.82) is 0 Å². The van der Waals surface area contributed by atoms with Gasteiger partial charge in [-0.15, -0.1) is 0 Å². The number of nitrogens with zero attached hydrogens (tertiary/aromatic N) is 2. The minimum Gasteiger partial charge on any atom is -0.373 e. The van der Waals surface area contributed by atoms with E-state index in [-0.39, 0.29) is 30.4 Å². The standard InChI is InChI=1S/C18H23F2N3O2/c19-18(20)9-13(10-18)16(24)23-7-5-17(12-23)11-14(4-8-25-17)22-15-3-1-2-6-21-15/h1-3,6,13-14H,4-5,7-12H2,(H,21,22)/t14-,17-/m1/s1. The molecule has 1 aromatic rings. The van der Waals surface area contributed by atoms with Crippen LogP contribution in [0.3, 0.4) is 0 Å². The largest absolute Gasteiger partial charge is 0.373 e. The molecule has 3 fully saturated rings. The van der Waals surface area contributed by atoms with Crippen LogP contribution in [0, 0.1) is 5.92 Å². The average molecular weight is 351 g/mol. The van der Waals surface area contributed by atoms with Gasteiger partial charge in [0, 0.05) is 50.7 Å². The molecule has 0 bridgehead atoms. The molecule has 3 aliphatic rings. The average Bonchev–Trinajstić information content (AvgIpc) is 2.96. The van der Waals surface area contributed by atoms with Crippen molar-refractivity contribution in [2.75, 3.05) is 25.0 Å². The highest BCUT2D eigenvalue weighted by atomic mass is 19.3. The molecule has 5 nitrogen and oxygen atoms in total. The Bertz CT molecular complexity index is 634. The maximum absolute atomic E-state index is 13.0. The highest BCUT2D eigenvalue weighted by Crippen LogP contribution is 2.44. The van der Waals surface area contributed by atoms with Crippen LogP contribution in [0.1, 0.15) is 32.1 Å². The summed E-state index contributed by atoms with van der Waals surface area (Å²) in [4.78, 5) is 18.4. The number of alkyl halides is 2. The van der Waals surface area contributed by atoms with Gasteiger partial charge in [-0.1, -0.05) is 6.07 Å². The predicted octanol–water partition coefficient (Wildman–Crippen LogP) is 2.69. The number of hydrogen-bond acceptors (Lipinski definition) is 4. The fourth-order valence-corrected chi connectivity index (χ4v) is 4.22. The molecule has 0 radical (unpaired) electrons. The second-order valence-electron chi connectivity index (χ2n) is 7.55. The summed E-state index contributed by atoms with van der Waals surface area (Å²) in [6, 6.07) is 5.99. The lowest BCUT2D eigenvalue weighted by Gasteiger charge is -2.39. The number of amides is 1. The van der Waals surface area contributed by atoms with Crippen LogP contribution < -0.4 is 5.32 Å². The van der Waals surface area contributed by atoms with Crippen molar-refractivity contribution >= 4 is 11.7 Å². The zero-order valence-corrected chi connectivity index (χ0v) is 14.1. The second kappa shape index (κ2) is 6.20. The van der Waals surface area contributed by atoms with Gasteiger partial charge in [-0.05, 0) is 31.4 Å². The summed E-state index contributed by atoms with van der Waals surface area (Å²) < 4.78 is 32.1. The Hall–Kier alpha value is -1.76. The van der Waals surface area contributed by atoms with Gasteiger partial charge in [-0.2, -0.15) is 0 Å². The number of carbonyl (C=O) groups excluding carboxylic acids is 1. The molecular formula is C18H23F2N3O2. The maximum Gasteiger partial charge on any atom is 0.249 e. The summed E-state index contributed by atoms with van der Waals surface area (Å²) >= 11 is 0. The lowest BCUT2D eigenvalue weighted by Crippen LogP contribution is -2.49. The van der Waals surface area contributed by atoms with Crippen molar-refractivity contribution in [2.24, 2.45) is 5.92 Å². The van der Waals surface area contributed by atoms with Crippen LogP contribution >= 0.6 is 0 Å². The van der Waals surface area contributed by atoms with Crippen LogP contribution in [0.25, 0.3) is 0 Å². The fourth-order valence-electron chi connectivity index (χ4n) is 4.22. The number of nitrogens with one attached hydrogen (secondary N) is 1. The van der Waals surface area contributed by atoms with Gasteiger partial charge in [0.05, 0.1) is 5.60 Å². The van der Waals surface area contributed by atoms with Crippen LogP contribution in [0.15, 0.2) is 24.4 Å². The number of halogens is 2. The van der Waals surface area contributed by atoms with Gasteiger partial charge in [0.2, 0.25) is 11.8 Å². The molecule has 2 saturated heterocycles. The van der Waals surface area contributed by atoms with Crippen molar-refractivity contribution in [3.63, 3.8) is 0 Å². The third kappa shape index (κ3) is 3.47. The van der Waals surface area contributed by atoms with Crippen LogP contribution in [-0.4, -0.2) is 53.1 Å². The minimum absolute atomic E-state index is 0.133. The van der Waals surface area contributed by atoms with E-state index >= 15 is 0 Å². The smallest absolute Gasteiger partial charge is 0.249 e.